The summed E-state index contributed by atoms with van der Waals surface area (Å²) in [6, 6.07) is 10.8. The van der Waals surface area contributed by atoms with Crippen LogP contribution in [0.15, 0.2) is 42.5 Å². The maximum Gasteiger partial charge on any atom is 0.260 e. The van der Waals surface area contributed by atoms with E-state index in [0.717, 1.165) is 0 Å². The van der Waals surface area contributed by atoms with E-state index >= 15 is 0 Å². The molecular formula is C23H26ClFN2O4. The first kappa shape index (κ1) is 22.9. The van der Waals surface area contributed by atoms with Gasteiger partial charge in [-0.25, -0.2) is 4.39 Å². The summed E-state index contributed by atoms with van der Waals surface area (Å²) in [7, 11) is 0. The molecule has 166 valence electrons. The monoisotopic (exact) mass is 448 g/mol. The van der Waals surface area contributed by atoms with Gasteiger partial charge in [-0.05, 0) is 49.4 Å². The third kappa shape index (κ3) is 6.10. The topological polar surface area (TPSA) is 81.9 Å². The number of benzene rings is 2. The van der Waals surface area contributed by atoms with E-state index in [0.29, 0.717) is 35.1 Å². The third-order valence-electron chi connectivity index (χ3n) is 5.38. The standard InChI is InChI=1S/C23H26ClFN2O4/c1-14-12-27(15(2)9-21(14)31-19-6-4-18(25)5-7-19)23(29)13-30-20-8-3-17(24)10-16(20)11-22(26)28/h3-8,10,14-15,21H,9,11-13H2,1-2H3,(H2,26,28). The number of carbonyl (C=O) groups is 2. The normalized spacial score (nSPS) is 20.9. The molecule has 2 amide bonds. The van der Waals surface area contributed by atoms with E-state index < -0.39 is 5.91 Å². The highest BCUT2D eigenvalue weighted by molar-refractivity contribution is 6.30. The molecule has 1 aliphatic heterocycles. The van der Waals surface area contributed by atoms with Crippen molar-refractivity contribution < 1.29 is 23.5 Å². The number of nitrogens with two attached hydrogens (primary N) is 1. The van der Waals surface area contributed by atoms with Crippen molar-refractivity contribution in [1.82, 2.24) is 4.90 Å². The predicted molar refractivity (Wildman–Crippen MR) is 116 cm³/mol. The number of amides is 2. The highest BCUT2D eigenvalue weighted by Gasteiger charge is 2.35. The second-order valence-corrected chi connectivity index (χ2v) is 8.34. The maximum absolute atomic E-state index is 13.1. The molecule has 1 fully saturated rings. The highest BCUT2D eigenvalue weighted by Crippen LogP contribution is 2.28. The SMILES string of the molecule is CC1CN(C(=O)COc2ccc(Cl)cc2CC(N)=O)C(C)CC1Oc1ccc(F)cc1. The fourth-order valence-electron chi connectivity index (χ4n) is 3.74. The number of nitrogens with zero attached hydrogens (tertiary/aromatic N) is 1. The molecule has 0 saturated carbocycles. The number of piperidine rings is 1. The lowest BCUT2D eigenvalue weighted by Crippen LogP contribution is -2.52. The van der Waals surface area contributed by atoms with Crippen LogP contribution in [0, 0.1) is 11.7 Å². The molecule has 1 saturated heterocycles. The fourth-order valence-corrected chi connectivity index (χ4v) is 3.94. The van der Waals surface area contributed by atoms with Crippen LogP contribution in [0.1, 0.15) is 25.8 Å². The van der Waals surface area contributed by atoms with Crippen molar-refractivity contribution in [1.29, 1.82) is 0 Å². The van der Waals surface area contributed by atoms with Crippen molar-refractivity contribution in [2.24, 2.45) is 11.7 Å². The number of hydrogen-bond donors (Lipinski definition) is 1. The first-order valence-corrected chi connectivity index (χ1v) is 10.5. The number of primary amides is 1. The molecule has 1 aliphatic rings. The Morgan fingerprint density at radius 1 is 1.19 bits per heavy atom. The predicted octanol–water partition coefficient (Wildman–Crippen LogP) is 3.59. The summed E-state index contributed by atoms with van der Waals surface area (Å²) in [5.41, 5.74) is 5.82. The van der Waals surface area contributed by atoms with Crippen molar-refractivity contribution in [2.45, 2.75) is 38.8 Å². The summed E-state index contributed by atoms with van der Waals surface area (Å²) >= 11 is 5.99. The molecule has 0 bridgehead atoms. The van der Waals surface area contributed by atoms with Gasteiger partial charge in [0.2, 0.25) is 5.91 Å². The lowest BCUT2D eigenvalue weighted by Gasteiger charge is -2.41. The first-order valence-electron chi connectivity index (χ1n) is 10.1. The molecule has 2 aromatic carbocycles. The van der Waals surface area contributed by atoms with Gasteiger partial charge in [-0.15, -0.1) is 0 Å². The van der Waals surface area contributed by atoms with Crippen LogP contribution in [-0.4, -0.2) is 42.0 Å². The van der Waals surface area contributed by atoms with Gasteiger partial charge in [0.15, 0.2) is 6.61 Å². The van der Waals surface area contributed by atoms with Gasteiger partial charge >= 0.3 is 0 Å². The van der Waals surface area contributed by atoms with Crippen molar-refractivity contribution in [3.63, 3.8) is 0 Å². The summed E-state index contributed by atoms with van der Waals surface area (Å²) in [6.07, 6.45) is 0.547. The van der Waals surface area contributed by atoms with Gasteiger partial charge in [0.1, 0.15) is 23.4 Å². The van der Waals surface area contributed by atoms with E-state index in [1.165, 1.54) is 12.1 Å². The number of halogens is 2. The molecule has 3 atom stereocenters. The molecule has 31 heavy (non-hydrogen) atoms. The Labute approximate surface area is 186 Å². The van der Waals surface area contributed by atoms with Crippen LogP contribution >= 0.6 is 11.6 Å². The third-order valence-corrected chi connectivity index (χ3v) is 5.62. The highest BCUT2D eigenvalue weighted by atomic mass is 35.5. The van der Waals surface area contributed by atoms with Crippen molar-refractivity contribution in [3.05, 3.63) is 58.9 Å². The number of ether oxygens (including phenoxy) is 2. The van der Waals surface area contributed by atoms with E-state index in [1.54, 1.807) is 35.2 Å². The van der Waals surface area contributed by atoms with Crippen molar-refractivity contribution in [2.75, 3.05) is 13.2 Å². The van der Waals surface area contributed by atoms with Gasteiger partial charge in [-0.2, -0.15) is 0 Å². The maximum atomic E-state index is 13.1. The molecular weight excluding hydrogens is 423 g/mol. The molecule has 0 aliphatic carbocycles. The largest absolute Gasteiger partial charge is 0.490 e. The summed E-state index contributed by atoms with van der Waals surface area (Å²) in [5, 5.41) is 0.459. The summed E-state index contributed by atoms with van der Waals surface area (Å²) in [5.74, 6) is 0.133. The number of carbonyl (C=O) groups excluding carboxylic acids is 2. The lowest BCUT2D eigenvalue weighted by molar-refractivity contribution is -0.139. The van der Waals surface area contributed by atoms with Gasteiger partial charge in [0, 0.05) is 35.5 Å². The van der Waals surface area contributed by atoms with E-state index in [9.17, 15) is 14.0 Å². The van der Waals surface area contributed by atoms with Crippen LogP contribution in [0.5, 0.6) is 11.5 Å². The van der Waals surface area contributed by atoms with E-state index in [1.807, 2.05) is 13.8 Å². The zero-order valence-corrected chi connectivity index (χ0v) is 18.3. The second kappa shape index (κ2) is 10.0. The summed E-state index contributed by atoms with van der Waals surface area (Å²) in [6.45, 7) is 4.34. The van der Waals surface area contributed by atoms with E-state index in [-0.39, 0.29) is 42.8 Å². The number of likely N-dealkylation sites (tertiary alicyclic amines) is 1. The Morgan fingerprint density at radius 3 is 2.58 bits per heavy atom. The molecule has 8 heteroatoms. The van der Waals surface area contributed by atoms with E-state index in [2.05, 4.69) is 0 Å². The Balaban J connectivity index is 1.59. The second-order valence-electron chi connectivity index (χ2n) is 7.90. The average molecular weight is 449 g/mol. The van der Waals surface area contributed by atoms with E-state index in [4.69, 9.17) is 26.8 Å². The fraction of sp³-hybridized carbons (Fsp3) is 0.391. The number of rotatable bonds is 7. The Bertz CT molecular complexity index is 938. The van der Waals surface area contributed by atoms with Crippen molar-refractivity contribution >= 4 is 23.4 Å². The van der Waals surface area contributed by atoms with Crippen LogP contribution in [0.2, 0.25) is 5.02 Å². The van der Waals surface area contributed by atoms with Crippen LogP contribution in [-0.2, 0) is 16.0 Å². The van der Waals surface area contributed by atoms with Crippen LogP contribution < -0.4 is 15.2 Å². The molecule has 0 spiro atoms. The molecule has 3 unspecified atom stereocenters. The Kier molecular flexibility index (Phi) is 7.38. The molecule has 0 aromatic heterocycles. The lowest BCUT2D eigenvalue weighted by atomic mass is 9.91. The van der Waals surface area contributed by atoms with Gasteiger partial charge < -0.3 is 20.1 Å². The molecule has 1 heterocycles. The number of hydrogen-bond acceptors (Lipinski definition) is 4. The van der Waals surface area contributed by atoms with Gasteiger partial charge in [-0.3, -0.25) is 9.59 Å². The van der Waals surface area contributed by atoms with Crippen LogP contribution in [0.25, 0.3) is 0 Å². The minimum atomic E-state index is -0.510. The van der Waals surface area contributed by atoms with Gasteiger partial charge in [-0.1, -0.05) is 18.5 Å². The Morgan fingerprint density at radius 2 is 1.90 bits per heavy atom. The van der Waals surface area contributed by atoms with Crippen LogP contribution in [0.3, 0.4) is 0 Å². The smallest absolute Gasteiger partial charge is 0.260 e. The minimum Gasteiger partial charge on any atom is -0.490 e. The van der Waals surface area contributed by atoms with Crippen molar-refractivity contribution in [3.8, 4) is 11.5 Å². The molecule has 0 radical (unpaired) electrons. The zero-order chi connectivity index (χ0) is 22.5. The van der Waals surface area contributed by atoms with Gasteiger partial charge in [0.25, 0.3) is 5.91 Å². The summed E-state index contributed by atoms with van der Waals surface area (Å²) < 4.78 is 24.8. The molecule has 2 N–H and O–H groups in total. The molecule has 6 nitrogen and oxygen atoms in total. The minimum absolute atomic E-state index is 0.0242. The van der Waals surface area contributed by atoms with Crippen LogP contribution in [0.4, 0.5) is 4.39 Å². The average Bonchev–Trinajstić information content (AvgIpc) is 2.71. The Hall–Kier alpha value is -2.80. The van der Waals surface area contributed by atoms with Gasteiger partial charge in [0.05, 0.1) is 6.42 Å². The molecule has 2 aromatic rings. The quantitative estimate of drug-likeness (QED) is 0.701. The zero-order valence-electron chi connectivity index (χ0n) is 17.5. The first-order chi connectivity index (χ1) is 14.7. The summed E-state index contributed by atoms with van der Waals surface area (Å²) in [4.78, 5) is 25.9. The molecule has 3 rings (SSSR count).